The lowest BCUT2D eigenvalue weighted by atomic mass is 10.2. The van der Waals surface area contributed by atoms with E-state index in [0.717, 1.165) is 57.0 Å². The standard InChI is InChI=1S/C21H29N5O5/c1-29-17-9-5-4-8-16(17)25-14-12-24(13-15-25)10-6-7-11-26-19(21(28)31-3)18(22-23-26)20(27)30-2/h4-5,8-9H,6-7,10-15H2,1-3H3. The van der Waals surface area contributed by atoms with Gasteiger partial charge in [-0.15, -0.1) is 5.10 Å². The molecule has 0 aliphatic carbocycles. The van der Waals surface area contributed by atoms with Crippen LogP contribution in [0.5, 0.6) is 5.75 Å². The van der Waals surface area contributed by atoms with Crippen LogP contribution in [0.15, 0.2) is 24.3 Å². The molecule has 10 nitrogen and oxygen atoms in total. The van der Waals surface area contributed by atoms with E-state index in [4.69, 9.17) is 9.47 Å². The van der Waals surface area contributed by atoms with E-state index < -0.39 is 11.9 Å². The summed E-state index contributed by atoms with van der Waals surface area (Å²) in [6.07, 6.45) is 1.73. The normalized spacial score (nSPS) is 14.4. The minimum Gasteiger partial charge on any atom is -0.495 e. The van der Waals surface area contributed by atoms with Crippen LogP contribution in [-0.2, 0) is 16.0 Å². The fourth-order valence-corrected chi connectivity index (χ4v) is 3.70. The Hall–Kier alpha value is -3.14. The molecule has 1 fully saturated rings. The van der Waals surface area contributed by atoms with Crippen LogP contribution < -0.4 is 9.64 Å². The van der Waals surface area contributed by atoms with Crippen LogP contribution in [0.1, 0.15) is 33.8 Å². The van der Waals surface area contributed by atoms with Crippen molar-refractivity contribution in [1.82, 2.24) is 19.9 Å². The Labute approximate surface area is 181 Å². The summed E-state index contributed by atoms with van der Waals surface area (Å²) in [5, 5.41) is 7.72. The third kappa shape index (κ3) is 5.32. The van der Waals surface area contributed by atoms with Crippen molar-refractivity contribution < 1.29 is 23.8 Å². The smallest absolute Gasteiger partial charge is 0.361 e. The van der Waals surface area contributed by atoms with Gasteiger partial charge >= 0.3 is 11.9 Å². The number of rotatable bonds is 9. The Balaban J connectivity index is 1.47. The first kappa shape index (κ1) is 22.5. The zero-order valence-corrected chi connectivity index (χ0v) is 18.2. The highest BCUT2D eigenvalue weighted by Crippen LogP contribution is 2.28. The van der Waals surface area contributed by atoms with Crippen LogP contribution in [0, 0.1) is 0 Å². The second-order valence-electron chi connectivity index (χ2n) is 7.20. The second kappa shape index (κ2) is 10.8. The molecule has 0 atom stereocenters. The fourth-order valence-electron chi connectivity index (χ4n) is 3.70. The van der Waals surface area contributed by atoms with Crippen LogP contribution in [-0.4, -0.2) is 85.9 Å². The molecule has 0 spiro atoms. The van der Waals surface area contributed by atoms with Gasteiger partial charge < -0.3 is 19.1 Å². The molecule has 1 aliphatic heterocycles. The van der Waals surface area contributed by atoms with Gasteiger partial charge in [0, 0.05) is 32.7 Å². The van der Waals surface area contributed by atoms with Gasteiger partial charge in [0.25, 0.3) is 0 Å². The Kier molecular flexibility index (Phi) is 7.82. The molecule has 1 saturated heterocycles. The summed E-state index contributed by atoms with van der Waals surface area (Å²) in [5.74, 6) is -0.464. The summed E-state index contributed by atoms with van der Waals surface area (Å²) in [6.45, 7) is 5.25. The number of methoxy groups -OCH3 is 3. The topological polar surface area (TPSA) is 99.0 Å². The van der Waals surface area contributed by atoms with E-state index in [0.29, 0.717) is 6.54 Å². The lowest BCUT2D eigenvalue weighted by molar-refractivity contribution is 0.0543. The highest BCUT2D eigenvalue weighted by atomic mass is 16.5. The van der Waals surface area contributed by atoms with Gasteiger partial charge in [-0.05, 0) is 31.5 Å². The maximum absolute atomic E-state index is 12.1. The van der Waals surface area contributed by atoms with Gasteiger partial charge in [-0.3, -0.25) is 4.90 Å². The lowest BCUT2D eigenvalue weighted by Crippen LogP contribution is -2.46. The van der Waals surface area contributed by atoms with Crippen molar-refractivity contribution in [3.63, 3.8) is 0 Å². The summed E-state index contributed by atoms with van der Waals surface area (Å²) in [4.78, 5) is 28.6. The molecule has 0 bridgehead atoms. The van der Waals surface area contributed by atoms with E-state index in [1.165, 1.54) is 18.9 Å². The molecule has 168 valence electrons. The number of carbonyl (C=O) groups is 2. The third-order valence-electron chi connectivity index (χ3n) is 5.39. The van der Waals surface area contributed by atoms with Crippen LogP contribution in [0.3, 0.4) is 0 Å². The van der Waals surface area contributed by atoms with Gasteiger partial charge in [-0.25, -0.2) is 14.3 Å². The number of esters is 2. The van der Waals surface area contributed by atoms with E-state index in [-0.39, 0.29) is 11.4 Å². The average Bonchev–Trinajstić information content (AvgIpc) is 3.25. The Morgan fingerprint density at radius 2 is 1.61 bits per heavy atom. The number of para-hydroxylation sites is 2. The monoisotopic (exact) mass is 431 g/mol. The first-order chi connectivity index (χ1) is 15.1. The van der Waals surface area contributed by atoms with E-state index in [1.54, 1.807) is 7.11 Å². The first-order valence-electron chi connectivity index (χ1n) is 10.3. The molecule has 0 unspecified atom stereocenters. The third-order valence-corrected chi connectivity index (χ3v) is 5.39. The van der Waals surface area contributed by atoms with Crippen molar-refractivity contribution in [2.75, 3.05) is 59.0 Å². The Morgan fingerprint density at radius 1 is 0.935 bits per heavy atom. The Morgan fingerprint density at radius 3 is 2.29 bits per heavy atom. The number of nitrogens with zero attached hydrogens (tertiary/aromatic N) is 5. The number of unbranched alkanes of at least 4 members (excludes halogenated alkanes) is 1. The number of carbonyl (C=O) groups excluding carboxylic acids is 2. The van der Waals surface area contributed by atoms with E-state index in [2.05, 4.69) is 30.9 Å². The van der Waals surface area contributed by atoms with Gasteiger partial charge in [0.1, 0.15) is 5.75 Å². The predicted molar refractivity (Wildman–Crippen MR) is 114 cm³/mol. The molecule has 0 amide bonds. The molecule has 0 saturated carbocycles. The van der Waals surface area contributed by atoms with Gasteiger partial charge in [0.15, 0.2) is 5.69 Å². The van der Waals surface area contributed by atoms with E-state index in [9.17, 15) is 9.59 Å². The number of hydrogen-bond acceptors (Lipinski definition) is 9. The largest absolute Gasteiger partial charge is 0.495 e. The van der Waals surface area contributed by atoms with Crippen molar-refractivity contribution in [2.45, 2.75) is 19.4 Å². The fraction of sp³-hybridized carbons (Fsp3) is 0.524. The zero-order valence-electron chi connectivity index (χ0n) is 18.2. The van der Waals surface area contributed by atoms with Crippen molar-refractivity contribution in [2.24, 2.45) is 0 Å². The van der Waals surface area contributed by atoms with Crippen LogP contribution in [0.2, 0.25) is 0 Å². The summed E-state index contributed by atoms with van der Waals surface area (Å²) in [7, 11) is 4.19. The van der Waals surface area contributed by atoms with Gasteiger partial charge in [-0.2, -0.15) is 0 Å². The molecule has 0 radical (unpaired) electrons. The summed E-state index contributed by atoms with van der Waals surface area (Å²) < 4.78 is 16.3. The molecular weight excluding hydrogens is 402 g/mol. The molecule has 10 heteroatoms. The van der Waals surface area contributed by atoms with Crippen molar-refractivity contribution in [3.05, 3.63) is 35.7 Å². The average molecular weight is 431 g/mol. The number of hydrogen-bond donors (Lipinski definition) is 0. The van der Waals surface area contributed by atoms with Crippen molar-refractivity contribution >= 4 is 17.6 Å². The van der Waals surface area contributed by atoms with Crippen LogP contribution >= 0.6 is 0 Å². The zero-order chi connectivity index (χ0) is 22.2. The number of ether oxygens (including phenoxy) is 3. The van der Waals surface area contributed by atoms with Gasteiger partial charge in [-0.1, -0.05) is 17.3 Å². The van der Waals surface area contributed by atoms with Gasteiger partial charge in [0.2, 0.25) is 5.69 Å². The predicted octanol–water partition coefficient (Wildman–Crippen LogP) is 1.46. The number of piperazine rings is 1. The minimum atomic E-state index is -0.709. The number of anilines is 1. The van der Waals surface area contributed by atoms with E-state index >= 15 is 0 Å². The molecule has 2 aromatic rings. The van der Waals surface area contributed by atoms with E-state index in [1.807, 2.05) is 18.2 Å². The lowest BCUT2D eigenvalue weighted by Gasteiger charge is -2.36. The molecule has 31 heavy (non-hydrogen) atoms. The van der Waals surface area contributed by atoms with Crippen LogP contribution in [0.4, 0.5) is 5.69 Å². The molecule has 1 aromatic carbocycles. The molecule has 1 aliphatic rings. The maximum Gasteiger partial charge on any atom is 0.361 e. The summed E-state index contributed by atoms with van der Waals surface area (Å²) in [5.41, 5.74) is 1.04. The highest BCUT2D eigenvalue weighted by Gasteiger charge is 2.26. The van der Waals surface area contributed by atoms with Crippen molar-refractivity contribution in [1.29, 1.82) is 0 Å². The SMILES string of the molecule is COC(=O)c1nnn(CCCCN2CCN(c3ccccc3OC)CC2)c1C(=O)OC. The molecule has 2 heterocycles. The quantitative estimate of drug-likeness (QED) is 0.432. The molecule has 3 rings (SSSR count). The second-order valence-corrected chi connectivity index (χ2v) is 7.20. The first-order valence-corrected chi connectivity index (χ1v) is 10.3. The molecular formula is C21H29N5O5. The molecule has 1 aromatic heterocycles. The minimum absolute atomic E-state index is 0.0276. The maximum atomic E-state index is 12.1. The summed E-state index contributed by atoms with van der Waals surface area (Å²) in [6, 6.07) is 8.09. The highest BCUT2D eigenvalue weighted by molar-refractivity contribution is 6.00. The molecule has 0 N–H and O–H groups in total. The Bertz CT molecular complexity index is 892. The van der Waals surface area contributed by atoms with Crippen LogP contribution in [0.25, 0.3) is 0 Å². The number of aryl methyl sites for hydroxylation is 1. The van der Waals surface area contributed by atoms with Gasteiger partial charge in [0.05, 0.1) is 27.0 Å². The number of benzene rings is 1. The number of aromatic nitrogens is 3. The van der Waals surface area contributed by atoms with Crippen molar-refractivity contribution in [3.8, 4) is 5.75 Å². The summed E-state index contributed by atoms with van der Waals surface area (Å²) >= 11 is 0.